The van der Waals surface area contributed by atoms with Crippen LogP contribution in [-0.2, 0) is 6.42 Å². The number of rotatable bonds is 3. The number of aromatic nitrogens is 6. The van der Waals surface area contributed by atoms with Gasteiger partial charge in [0.25, 0.3) is 0 Å². The van der Waals surface area contributed by atoms with Crippen molar-refractivity contribution in [2.75, 3.05) is 11.9 Å². The van der Waals surface area contributed by atoms with Gasteiger partial charge in [-0.3, -0.25) is 5.32 Å². The van der Waals surface area contributed by atoms with Gasteiger partial charge in [0, 0.05) is 25.2 Å². The molecular weight excluding hydrogens is 284 g/mol. The van der Waals surface area contributed by atoms with Gasteiger partial charge >= 0.3 is 6.03 Å². The maximum atomic E-state index is 12.5. The van der Waals surface area contributed by atoms with Crippen LogP contribution < -0.4 is 5.32 Å². The number of piperidine rings is 1. The molecule has 1 aliphatic rings. The van der Waals surface area contributed by atoms with E-state index in [2.05, 4.69) is 35.9 Å². The van der Waals surface area contributed by atoms with Gasteiger partial charge in [-0.25, -0.2) is 14.8 Å². The van der Waals surface area contributed by atoms with Gasteiger partial charge in [-0.05, 0) is 32.3 Å². The summed E-state index contributed by atoms with van der Waals surface area (Å²) in [5.74, 6) is 1.77. The van der Waals surface area contributed by atoms with Gasteiger partial charge in [0.1, 0.15) is 11.6 Å². The van der Waals surface area contributed by atoms with Crippen LogP contribution in [0.15, 0.2) is 12.3 Å². The van der Waals surface area contributed by atoms with Gasteiger partial charge in [-0.1, -0.05) is 5.21 Å². The normalized spacial score (nSPS) is 18.2. The Morgan fingerprint density at radius 3 is 3.18 bits per heavy atom. The summed E-state index contributed by atoms with van der Waals surface area (Å²) in [5, 5.41) is 16.8. The zero-order valence-corrected chi connectivity index (χ0v) is 12.4. The van der Waals surface area contributed by atoms with Gasteiger partial charge in [0.05, 0.1) is 0 Å². The molecule has 2 aromatic rings. The van der Waals surface area contributed by atoms with Crippen LogP contribution in [0.1, 0.15) is 30.9 Å². The lowest BCUT2D eigenvalue weighted by Gasteiger charge is -2.35. The van der Waals surface area contributed by atoms with E-state index in [-0.39, 0.29) is 12.1 Å². The number of hydrogen-bond acceptors (Lipinski definition) is 6. The van der Waals surface area contributed by atoms with Crippen LogP contribution in [0, 0.1) is 6.92 Å². The van der Waals surface area contributed by atoms with Crippen molar-refractivity contribution in [3.05, 3.63) is 23.9 Å². The average Bonchev–Trinajstić information content (AvgIpc) is 3.01. The smallest absolute Gasteiger partial charge is 0.321 e. The fraction of sp³-hybridized carbons (Fsp3) is 0.538. The molecule has 0 radical (unpaired) electrons. The first-order chi connectivity index (χ1) is 10.7. The van der Waals surface area contributed by atoms with Crippen LogP contribution in [0.5, 0.6) is 0 Å². The van der Waals surface area contributed by atoms with Crippen LogP contribution in [0.4, 0.5) is 10.6 Å². The Morgan fingerprint density at radius 2 is 2.41 bits per heavy atom. The quantitative estimate of drug-likeness (QED) is 0.872. The van der Waals surface area contributed by atoms with Crippen molar-refractivity contribution in [3.63, 3.8) is 0 Å². The lowest BCUT2D eigenvalue weighted by atomic mass is 9.99. The van der Waals surface area contributed by atoms with E-state index < -0.39 is 0 Å². The van der Waals surface area contributed by atoms with Gasteiger partial charge in [-0.15, -0.1) is 10.2 Å². The molecule has 3 heterocycles. The monoisotopic (exact) mass is 302 g/mol. The minimum absolute atomic E-state index is 0.0780. The summed E-state index contributed by atoms with van der Waals surface area (Å²) in [5.41, 5.74) is 0. The molecule has 1 saturated heterocycles. The second-order valence-electron chi connectivity index (χ2n) is 5.29. The van der Waals surface area contributed by atoms with Gasteiger partial charge in [0.2, 0.25) is 0 Å². The number of aromatic amines is 1. The molecule has 2 N–H and O–H groups in total. The molecule has 9 heteroatoms. The van der Waals surface area contributed by atoms with Gasteiger partial charge in [0.15, 0.2) is 5.82 Å². The lowest BCUT2D eigenvalue weighted by Crippen LogP contribution is -2.47. The van der Waals surface area contributed by atoms with Crippen molar-refractivity contribution in [1.82, 2.24) is 35.5 Å². The van der Waals surface area contributed by atoms with Gasteiger partial charge < -0.3 is 4.90 Å². The molecule has 3 rings (SSSR count). The Bertz CT molecular complexity index is 629. The molecule has 0 aromatic carbocycles. The summed E-state index contributed by atoms with van der Waals surface area (Å²) in [6.07, 6.45) is 5.26. The Hall–Kier alpha value is -2.58. The van der Waals surface area contributed by atoms with E-state index in [1.54, 1.807) is 19.2 Å². The van der Waals surface area contributed by atoms with E-state index >= 15 is 0 Å². The molecule has 0 saturated carbocycles. The van der Waals surface area contributed by atoms with Crippen molar-refractivity contribution in [3.8, 4) is 0 Å². The van der Waals surface area contributed by atoms with Crippen LogP contribution >= 0.6 is 0 Å². The third-order valence-corrected chi connectivity index (χ3v) is 3.71. The molecule has 1 unspecified atom stereocenters. The highest BCUT2D eigenvalue weighted by Gasteiger charge is 2.28. The maximum Gasteiger partial charge on any atom is 0.323 e. The van der Waals surface area contributed by atoms with Gasteiger partial charge in [-0.2, -0.15) is 5.21 Å². The fourth-order valence-corrected chi connectivity index (χ4v) is 2.67. The van der Waals surface area contributed by atoms with E-state index in [0.717, 1.165) is 25.8 Å². The summed E-state index contributed by atoms with van der Waals surface area (Å²) >= 11 is 0. The molecule has 22 heavy (non-hydrogen) atoms. The number of amides is 2. The number of likely N-dealkylation sites (tertiary alicyclic amines) is 1. The number of nitrogens with one attached hydrogen (secondary N) is 2. The van der Waals surface area contributed by atoms with Crippen molar-refractivity contribution < 1.29 is 4.79 Å². The fourth-order valence-electron chi connectivity index (χ4n) is 2.67. The number of nitrogens with zero attached hydrogens (tertiary/aromatic N) is 6. The zero-order chi connectivity index (χ0) is 15.4. The number of aryl methyl sites for hydroxylation is 1. The molecule has 1 fully saturated rings. The van der Waals surface area contributed by atoms with Crippen LogP contribution in [0.2, 0.25) is 0 Å². The van der Waals surface area contributed by atoms with E-state index in [1.807, 2.05) is 4.90 Å². The first-order valence-corrected chi connectivity index (χ1v) is 7.32. The summed E-state index contributed by atoms with van der Waals surface area (Å²) in [6.45, 7) is 2.51. The topological polar surface area (TPSA) is 113 Å². The number of H-pyrrole nitrogens is 1. The first-order valence-electron chi connectivity index (χ1n) is 7.32. The van der Waals surface area contributed by atoms with E-state index in [9.17, 15) is 4.79 Å². The SMILES string of the molecule is Cc1nccc(NC(=O)N2CCCCC2Cc2nn[nH]n2)n1. The molecule has 1 atom stereocenters. The summed E-state index contributed by atoms with van der Waals surface area (Å²) in [7, 11) is 0. The number of anilines is 1. The maximum absolute atomic E-state index is 12.5. The first kappa shape index (κ1) is 14.4. The summed E-state index contributed by atoms with van der Waals surface area (Å²) in [6, 6.07) is 1.61. The third kappa shape index (κ3) is 3.35. The second kappa shape index (κ2) is 6.46. The Balaban J connectivity index is 1.68. The molecule has 9 nitrogen and oxygen atoms in total. The number of carbonyl (C=O) groups is 1. The number of carbonyl (C=O) groups excluding carboxylic acids is 1. The standard InChI is InChI=1S/C13H18N8O/c1-9-14-6-5-11(15-9)16-13(22)21-7-3-2-4-10(21)8-12-17-19-20-18-12/h5-6,10H,2-4,7-8H2,1H3,(H,14,15,16,22)(H,17,18,19,20). The van der Waals surface area contributed by atoms with E-state index in [0.29, 0.717) is 23.9 Å². The highest BCUT2D eigenvalue weighted by molar-refractivity contribution is 5.88. The highest BCUT2D eigenvalue weighted by atomic mass is 16.2. The van der Waals surface area contributed by atoms with Crippen LogP contribution in [0.25, 0.3) is 0 Å². The Morgan fingerprint density at radius 1 is 1.50 bits per heavy atom. The number of hydrogen-bond donors (Lipinski definition) is 2. The van der Waals surface area contributed by atoms with Crippen LogP contribution in [-0.4, -0.2) is 54.1 Å². The summed E-state index contributed by atoms with van der Waals surface area (Å²) < 4.78 is 0. The molecule has 116 valence electrons. The van der Waals surface area contributed by atoms with Crippen LogP contribution in [0.3, 0.4) is 0 Å². The van der Waals surface area contributed by atoms with Crippen molar-refractivity contribution in [1.29, 1.82) is 0 Å². The molecular formula is C13H18N8O. The molecule has 2 aromatic heterocycles. The van der Waals surface area contributed by atoms with E-state index in [1.165, 1.54) is 0 Å². The number of urea groups is 1. The minimum Gasteiger partial charge on any atom is -0.321 e. The molecule has 0 bridgehead atoms. The average molecular weight is 302 g/mol. The Labute approximate surface area is 127 Å². The van der Waals surface area contributed by atoms with E-state index in [4.69, 9.17) is 0 Å². The predicted octanol–water partition coefficient (Wildman–Crippen LogP) is 0.927. The zero-order valence-electron chi connectivity index (χ0n) is 12.4. The molecule has 1 aliphatic heterocycles. The Kier molecular flexibility index (Phi) is 4.22. The molecule has 0 spiro atoms. The minimum atomic E-state index is -0.147. The highest BCUT2D eigenvalue weighted by Crippen LogP contribution is 2.20. The number of tetrazole rings is 1. The van der Waals surface area contributed by atoms with Crippen molar-refractivity contribution >= 4 is 11.8 Å². The lowest BCUT2D eigenvalue weighted by molar-refractivity contribution is 0.161. The largest absolute Gasteiger partial charge is 0.323 e. The predicted molar refractivity (Wildman–Crippen MR) is 78.0 cm³/mol. The molecule has 2 amide bonds. The van der Waals surface area contributed by atoms with Crippen molar-refractivity contribution in [2.24, 2.45) is 0 Å². The summed E-state index contributed by atoms with van der Waals surface area (Å²) in [4.78, 5) is 22.6. The third-order valence-electron chi connectivity index (χ3n) is 3.71. The van der Waals surface area contributed by atoms with Crippen molar-refractivity contribution in [2.45, 2.75) is 38.6 Å². The molecule has 0 aliphatic carbocycles. The second-order valence-corrected chi connectivity index (χ2v) is 5.29.